The van der Waals surface area contributed by atoms with Gasteiger partial charge < -0.3 is 10.2 Å². The lowest BCUT2D eigenvalue weighted by molar-refractivity contribution is -0.122. The van der Waals surface area contributed by atoms with Crippen molar-refractivity contribution in [1.29, 1.82) is 0 Å². The number of para-hydroxylation sites is 1. The number of rotatable bonds is 9. The van der Waals surface area contributed by atoms with E-state index >= 15 is 0 Å². The molecule has 2 aromatic rings. The van der Waals surface area contributed by atoms with Crippen molar-refractivity contribution in [2.24, 2.45) is 0 Å². The van der Waals surface area contributed by atoms with Crippen molar-refractivity contribution >= 4 is 38.9 Å². The first-order valence-corrected chi connectivity index (χ1v) is 11.3. The second-order valence-electron chi connectivity index (χ2n) is 6.51. The summed E-state index contributed by atoms with van der Waals surface area (Å²) in [6, 6.07) is 15.5. The molecule has 2 aromatic carbocycles. The minimum atomic E-state index is -3.67. The maximum absolute atomic E-state index is 12.8. The molecular formula is C20H26ClN3O3S. The van der Waals surface area contributed by atoms with Gasteiger partial charge in [0, 0.05) is 30.8 Å². The lowest BCUT2D eigenvalue weighted by Crippen LogP contribution is -2.50. The summed E-state index contributed by atoms with van der Waals surface area (Å²) in [5.41, 5.74) is 1.42. The molecule has 0 heterocycles. The van der Waals surface area contributed by atoms with E-state index in [-0.39, 0.29) is 5.91 Å². The fraction of sp³-hybridized carbons (Fsp3) is 0.350. The van der Waals surface area contributed by atoms with Crippen LogP contribution in [0.1, 0.15) is 13.3 Å². The van der Waals surface area contributed by atoms with Crippen LogP contribution >= 0.6 is 11.6 Å². The molecule has 28 heavy (non-hydrogen) atoms. The van der Waals surface area contributed by atoms with Gasteiger partial charge in [-0.25, -0.2) is 8.42 Å². The number of carbonyl (C=O) groups excluding carboxylic acids is 1. The maximum Gasteiger partial charge on any atom is 0.243 e. The zero-order valence-electron chi connectivity index (χ0n) is 16.3. The second-order valence-corrected chi connectivity index (χ2v) is 8.81. The highest BCUT2D eigenvalue weighted by molar-refractivity contribution is 7.92. The van der Waals surface area contributed by atoms with E-state index in [0.717, 1.165) is 16.2 Å². The van der Waals surface area contributed by atoms with Gasteiger partial charge in [0.2, 0.25) is 15.9 Å². The van der Waals surface area contributed by atoms with E-state index in [1.807, 2.05) is 42.3 Å². The number of carbonyl (C=O) groups is 1. The van der Waals surface area contributed by atoms with Gasteiger partial charge in [-0.05, 0) is 36.8 Å². The zero-order chi connectivity index (χ0) is 20.7. The first-order valence-electron chi connectivity index (χ1n) is 9.03. The number of hydrogen-bond donors (Lipinski definition) is 1. The number of anilines is 2. The van der Waals surface area contributed by atoms with Crippen LogP contribution in [-0.4, -0.2) is 46.8 Å². The highest BCUT2D eigenvalue weighted by Gasteiger charge is 2.31. The Balaban J connectivity index is 2.09. The Labute approximate surface area is 172 Å². The van der Waals surface area contributed by atoms with Gasteiger partial charge in [-0.1, -0.05) is 42.8 Å². The highest BCUT2D eigenvalue weighted by atomic mass is 35.5. The van der Waals surface area contributed by atoms with Crippen molar-refractivity contribution in [3.63, 3.8) is 0 Å². The van der Waals surface area contributed by atoms with Crippen LogP contribution in [0.3, 0.4) is 0 Å². The van der Waals surface area contributed by atoms with Crippen LogP contribution in [-0.2, 0) is 14.8 Å². The quantitative estimate of drug-likeness (QED) is 0.672. The molecule has 0 aliphatic heterocycles. The Morgan fingerprint density at radius 3 is 2.32 bits per heavy atom. The molecule has 0 radical (unpaired) electrons. The average molecular weight is 424 g/mol. The highest BCUT2D eigenvalue weighted by Crippen LogP contribution is 2.25. The van der Waals surface area contributed by atoms with Gasteiger partial charge in [-0.15, -0.1) is 0 Å². The molecule has 1 N–H and O–H groups in total. The molecule has 0 fully saturated rings. The van der Waals surface area contributed by atoms with Crippen LogP contribution < -0.4 is 14.5 Å². The van der Waals surface area contributed by atoms with Crippen molar-refractivity contribution in [1.82, 2.24) is 5.32 Å². The van der Waals surface area contributed by atoms with Crippen LogP contribution in [0, 0.1) is 0 Å². The Morgan fingerprint density at radius 2 is 1.75 bits per heavy atom. The first-order chi connectivity index (χ1) is 13.2. The number of hydrogen-bond acceptors (Lipinski definition) is 4. The molecule has 0 aliphatic rings. The summed E-state index contributed by atoms with van der Waals surface area (Å²) >= 11 is 6.02. The van der Waals surface area contributed by atoms with Crippen molar-refractivity contribution < 1.29 is 13.2 Å². The summed E-state index contributed by atoms with van der Waals surface area (Å²) in [4.78, 5) is 14.8. The van der Waals surface area contributed by atoms with Gasteiger partial charge >= 0.3 is 0 Å². The minimum Gasteiger partial charge on any atom is -0.373 e. The molecule has 0 spiro atoms. The SMILES string of the molecule is CC[C@@H](C(=O)NCCN(C)c1ccccc1)N(c1cccc(Cl)c1)S(C)(=O)=O. The van der Waals surface area contributed by atoms with E-state index in [1.54, 1.807) is 31.2 Å². The molecule has 0 bridgehead atoms. The molecule has 0 aromatic heterocycles. The Hall–Kier alpha value is -2.25. The Bertz CT molecular complexity index is 891. The van der Waals surface area contributed by atoms with E-state index in [9.17, 15) is 13.2 Å². The van der Waals surface area contributed by atoms with E-state index in [1.165, 1.54) is 0 Å². The fourth-order valence-electron chi connectivity index (χ4n) is 2.95. The summed E-state index contributed by atoms with van der Waals surface area (Å²) in [5, 5.41) is 3.26. The molecular weight excluding hydrogens is 398 g/mol. The predicted octanol–water partition coefficient (Wildman–Crippen LogP) is 3.14. The van der Waals surface area contributed by atoms with Gasteiger partial charge in [0.25, 0.3) is 0 Å². The third-order valence-corrected chi connectivity index (χ3v) is 5.75. The normalized spacial score (nSPS) is 12.3. The van der Waals surface area contributed by atoms with Crippen molar-refractivity contribution in [3.8, 4) is 0 Å². The van der Waals surface area contributed by atoms with Gasteiger partial charge in [0.15, 0.2) is 0 Å². The third kappa shape index (κ3) is 5.87. The Morgan fingerprint density at radius 1 is 1.11 bits per heavy atom. The predicted molar refractivity (Wildman–Crippen MR) is 116 cm³/mol. The molecule has 8 heteroatoms. The third-order valence-electron chi connectivity index (χ3n) is 4.34. The van der Waals surface area contributed by atoms with Gasteiger partial charge in [0.05, 0.1) is 11.9 Å². The molecule has 0 unspecified atom stereocenters. The number of sulfonamides is 1. The number of nitrogens with one attached hydrogen (secondary N) is 1. The lowest BCUT2D eigenvalue weighted by atomic mass is 10.2. The lowest BCUT2D eigenvalue weighted by Gasteiger charge is -2.30. The second kappa shape index (κ2) is 9.80. The van der Waals surface area contributed by atoms with Crippen LogP contribution in [0.4, 0.5) is 11.4 Å². The van der Waals surface area contributed by atoms with Crippen molar-refractivity contribution in [2.45, 2.75) is 19.4 Å². The fourth-order valence-corrected chi connectivity index (χ4v) is 4.34. The number of benzene rings is 2. The number of nitrogens with zero attached hydrogens (tertiary/aromatic N) is 2. The summed E-state index contributed by atoms with van der Waals surface area (Å²) in [6.07, 6.45) is 1.42. The monoisotopic (exact) mass is 423 g/mol. The van der Waals surface area contributed by atoms with Gasteiger partial charge in [0.1, 0.15) is 6.04 Å². The molecule has 0 aliphatic carbocycles. The molecule has 152 valence electrons. The van der Waals surface area contributed by atoms with E-state index in [0.29, 0.717) is 30.2 Å². The average Bonchev–Trinajstić information content (AvgIpc) is 2.65. The van der Waals surface area contributed by atoms with E-state index in [2.05, 4.69) is 5.32 Å². The van der Waals surface area contributed by atoms with Gasteiger partial charge in [-0.2, -0.15) is 0 Å². The topological polar surface area (TPSA) is 69.7 Å². The molecule has 0 saturated carbocycles. The number of amides is 1. The molecule has 2 rings (SSSR count). The molecule has 1 atom stereocenters. The Kier molecular flexibility index (Phi) is 7.71. The summed E-state index contributed by atoms with van der Waals surface area (Å²) < 4.78 is 26.0. The van der Waals surface area contributed by atoms with Crippen LogP contribution in [0.25, 0.3) is 0 Å². The molecule has 1 amide bonds. The number of likely N-dealkylation sites (N-methyl/N-ethyl adjacent to an activating group) is 1. The molecule has 6 nitrogen and oxygen atoms in total. The molecule has 0 saturated heterocycles. The zero-order valence-corrected chi connectivity index (χ0v) is 17.9. The standard InChI is InChI=1S/C20H26ClN3O3S/c1-4-19(24(28(3,26)27)18-12-8-9-16(21)15-18)20(25)22-13-14-23(2)17-10-6-5-7-11-17/h5-12,15,19H,4,13-14H2,1-3H3,(H,22,25)/t19-/m0/s1. The summed E-state index contributed by atoms with van der Waals surface area (Å²) in [7, 11) is -1.73. The van der Waals surface area contributed by atoms with Crippen LogP contribution in [0.2, 0.25) is 5.02 Å². The van der Waals surface area contributed by atoms with Gasteiger partial charge in [-0.3, -0.25) is 9.10 Å². The van der Waals surface area contributed by atoms with E-state index < -0.39 is 16.1 Å². The summed E-state index contributed by atoms with van der Waals surface area (Å²) in [5.74, 6) is -0.339. The first kappa shape index (κ1) is 22.0. The smallest absolute Gasteiger partial charge is 0.243 e. The van der Waals surface area contributed by atoms with Crippen LogP contribution in [0.15, 0.2) is 54.6 Å². The van der Waals surface area contributed by atoms with Crippen molar-refractivity contribution in [2.75, 3.05) is 35.6 Å². The largest absolute Gasteiger partial charge is 0.373 e. The van der Waals surface area contributed by atoms with Crippen molar-refractivity contribution in [3.05, 3.63) is 59.6 Å². The number of halogens is 1. The minimum absolute atomic E-state index is 0.333. The van der Waals surface area contributed by atoms with E-state index in [4.69, 9.17) is 11.6 Å². The maximum atomic E-state index is 12.8. The van der Waals surface area contributed by atoms with Crippen LogP contribution in [0.5, 0.6) is 0 Å². The summed E-state index contributed by atoms with van der Waals surface area (Å²) in [6.45, 7) is 2.78.